The molecule has 2 aromatic rings. The molecule has 1 heterocycles. The second kappa shape index (κ2) is 5.93. The Morgan fingerprint density at radius 2 is 1.90 bits per heavy atom. The number of benzene rings is 1. The van der Waals surface area contributed by atoms with E-state index in [1.165, 1.54) is 18.4 Å². The summed E-state index contributed by atoms with van der Waals surface area (Å²) in [5.74, 6) is 1.07. The minimum Gasteiger partial charge on any atom is -0.439 e. The van der Waals surface area contributed by atoms with Crippen LogP contribution in [0.4, 0.5) is 0 Å². The molecule has 0 saturated heterocycles. The van der Waals surface area contributed by atoms with E-state index in [1.54, 1.807) is 18.3 Å². The number of nitrogens with zero attached hydrogens (tertiary/aromatic N) is 1. The van der Waals surface area contributed by atoms with Gasteiger partial charge in [-0.2, -0.15) is 0 Å². The van der Waals surface area contributed by atoms with E-state index in [2.05, 4.69) is 20.9 Å². The zero-order chi connectivity index (χ0) is 14.8. The molecule has 0 aliphatic rings. The molecule has 0 fully saturated rings. The molecule has 20 heavy (non-hydrogen) atoms. The van der Waals surface area contributed by atoms with E-state index in [1.807, 2.05) is 13.0 Å². The molecular weight excluding hydrogens is 342 g/mol. The number of hydrogen-bond donors (Lipinski definition) is 0. The monoisotopic (exact) mass is 355 g/mol. The summed E-state index contributed by atoms with van der Waals surface area (Å²) in [5.41, 5.74) is 2.00. The zero-order valence-electron chi connectivity index (χ0n) is 11.1. The maximum Gasteiger partial charge on any atom is 0.222 e. The van der Waals surface area contributed by atoms with Crippen LogP contribution in [0, 0.1) is 6.92 Å². The van der Waals surface area contributed by atoms with Crippen LogP contribution in [0.2, 0.25) is 0 Å². The number of pyridine rings is 1. The van der Waals surface area contributed by atoms with E-state index < -0.39 is 9.84 Å². The third kappa shape index (κ3) is 3.58. The van der Waals surface area contributed by atoms with Crippen molar-refractivity contribution in [3.63, 3.8) is 0 Å². The lowest BCUT2D eigenvalue weighted by Crippen LogP contribution is -1.97. The van der Waals surface area contributed by atoms with Gasteiger partial charge in [-0.1, -0.05) is 15.9 Å². The number of alkyl halides is 1. The number of halogens is 1. The maximum absolute atomic E-state index is 11.4. The number of hydrogen-bond acceptors (Lipinski definition) is 4. The van der Waals surface area contributed by atoms with Crippen LogP contribution in [0.5, 0.6) is 11.6 Å². The van der Waals surface area contributed by atoms with Crippen LogP contribution in [0.1, 0.15) is 11.1 Å². The lowest BCUT2D eigenvalue weighted by Gasteiger charge is -2.08. The van der Waals surface area contributed by atoms with Crippen molar-refractivity contribution in [2.45, 2.75) is 17.1 Å². The van der Waals surface area contributed by atoms with Gasteiger partial charge in [-0.3, -0.25) is 0 Å². The Bertz CT molecular complexity index is 712. The van der Waals surface area contributed by atoms with Crippen molar-refractivity contribution in [1.82, 2.24) is 4.98 Å². The standard InChI is InChI=1S/C14H14BrNO3S/c1-10-7-11(8-15)9-16-14(10)19-12-3-5-13(6-4-12)20(2,17)18/h3-7,9H,8H2,1-2H3. The summed E-state index contributed by atoms with van der Waals surface area (Å²) < 4.78 is 28.4. The van der Waals surface area contributed by atoms with Crippen molar-refractivity contribution in [2.75, 3.05) is 6.26 Å². The normalized spacial score (nSPS) is 11.3. The molecule has 0 unspecified atom stereocenters. The summed E-state index contributed by atoms with van der Waals surface area (Å²) >= 11 is 3.37. The van der Waals surface area contributed by atoms with Crippen molar-refractivity contribution < 1.29 is 13.2 Å². The Labute approximate surface area is 126 Å². The smallest absolute Gasteiger partial charge is 0.222 e. The summed E-state index contributed by atoms with van der Waals surface area (Å²) in [6.07, 6.45) is 2.91. The number of ether oxygens (including phenoxy) is 1. The number of aryl methyl sites for hydroxylation is 1. The Morgan fingerprint density at radius 1 is 1.25 bits per heavy atom. The van der Waals surface area contributed by atoms with Gasteiger partial charge in [0, 0.05) is 23.3 Å². The number of sulfone groups is 1. The minimum atomic E-state index is -3.19. The molecule has 2 rings (SSSR count). The van der Waals surface area contributed by atoms with Gasteiger partial charge in [-0.15, -0.1) is 0 Å². The van der Waals surface area contributed by atoms with Crippen molar-refractivity contribution in [1.29, 1.82) is 0 Å². The highest BCUT2D eigenvalue weighted by molar-refractivity contribution is 9.08. The highest BCUT2D eigenvalue weighted by atomic mass is 79.9. The molecule has 4 nitrogen and oxygen atoms in total. The molecule has 0 aliphatic heterocycles. The Morgan fingerprint density at radius 3 is 2.40 bits per heavy atom. The molecule has 6 heteroatoms. The molecule has 1 aromatic carbocycles. The predicted molar refractivity (Wildman–Crippen MR) is 81.2 cm³/mol. The van der Waals surface area contributed by atoms with Gasteiger partial charge in [0.15, 0.2) is 9.84 Å². The van der Waals surface area contributed by atoms with Crippen molar-refractivity contribution in [3.05, 3.63) is 47.7 Å². The maximum atomic E-state index is 11.4. The Kier molecular flexibility index (Phi) is 4.45. The fourth-order valence-corrected chi connectivity index (χ4v) is 2.60. The molecule has 0 N–H and O–H groups in total. The van der Waals surface area contributed by atoms with Crippen LogP contribution in [-0.4, -0.2) is 19.7 Å². The highest BCUT2D eigenvalue weighted by Crippen LogP contribution is 2.24. The van der Waals surface area contributed by atoms with Gasteiger partial charge in [0.05, 0.1) is 4.90 Å². The quantitative estimate of drug-likeness (QED) is 0.787. The molecule has 0 radical (unpaired) electrons. The van der Waals surface area contributed by atoms with E-state index in [4.69, 9.17) is 4.74 Å². The summed E-state index contributed by atoms with van der Waals surface area (Å²) in [7, 11) is -3.19. The van der Waals surface area contributed by atoms with Gasteiger partial charge in [0.25, 0.3) is 0 Å². The second-order valence-electron chi connectivity index (χ2n) is 4.44. The predicted octanol–water partition coefficient (Wildman–Crippen LogP) is 3.48. The van der Waals surface area contributed by atoms with Crippen LogP contribution in [-0.2, 0) is 15.2 Å². The van der Waals surface area contributed by atoms with Crippen molar-refractivity contribution in [3.8, 4) is 11.6 Å². The molecule has 0 amide bonds. The molecule has 106 valence electrons. The van der Waals surface area contributed by atoms with Crippen molar-refractivity contribution in [2.24, 2.45) is 0 Å². The average Bonchev–Trinajstić information content (AvgIpc) is 2.40. The molecule has 0 saturated carbocycles. The van der Waals surface area contributed by atoms with Crippen LogP contribution < -0.4 is 4.74 Å². The SMILES string of the molecule is Cc1cc(CBr)cnc1Oc1ccc(S(C)(=O)=O)cc1. The fourth-order valence-electron chi connectivity index (χ4n) is 1.67. The highest BCUT2D eigenvalue weighted by Gasteiger charge is 2.08. The third-order valence-electron chi connectivity index (χ3n) is 2.71. The van der Waals surface area contributed by atoms with E-state index >= 15 is 0 Å². The summed E-state index contributed by atoms with van der Waals surface area (Å²) in [6.45, 7) is 1.92. The van der Waals surface area contributed by atoms with Gasteiger partial charge in [0.2, 0.25) is 5.88 Å². The van der Waals surface area contributed by atoms with Gasteiger partial charge in [-0.25, -0.2) is 13.4 Å². The number of rotatable bonds is 4. The second-order valence-corrected chi connectivity index (χ2v) is 7.02. The van der Waals surface area contributed by atoms with Gasteiger partial charge in [0.1, 0.15) is 5.75 Å². The third-order valence-corrected chi connectivity index (χ3v) is 4.48. The lowest BCUT2D eigenvalue weighted by molar-refractivity contribution is 0.458. The minimum absolute atomic E-state index is 0.268. The lowest BCUT2D eigenvalue weighted by atomic mass is 10.2. The summed E-state index contributed by atoms with van der Waals surface area (Å²) in [5, 5.41) is 0.740. The van der Waals surface area contributed by atoms with Gasteiger partial charge >= 0.3 is 0 Å². The first-order chi connectivity index (χ1) is 9.40. The van der Waals surface area contributed by atoms with E-state index in [0.717, 1.165) is 16.5 Å². The van der Waals surface area contributed by atoms with Crippen LogP contribution in [0.15, 0.2) is 41.4 Å². The van der Waals surface area contributed by atoms with E-state index in [9.17, 15) is 8.42 Å². The molecule has 0 atom stereocenters. The Hall–Kier alpha value is -1.40. The van der Waals surface area contributed by atoms with E-state index in [0.29, 0.717) is 11.6 Å². The molecule has 0 aliphatic carbocycles. The van der Waals surface area contributed by atoms with Gasteiger partial charge in [-0.05, 0) is 42.8 Å². The summed E-state index contributed by atoms with van der Waals surface area (Å²) in [6, 6.07) is 8.27. The fraction of sp³-hybridized carbons (Fsp3) is 0.214. The summed E-state index contributed by atoms with van der Waals surface area (Å²) in [4.78, 5) is 4.51. The Balaban J connectivity index is 2.22. The molecule has 1 aromatic heterocycles. The largest absolute Gasteiger partial charge is 0.439 e. The van der Waals surface area contributed by atoms with E-state index in [-0.39, 0.29) is 4.90 Å². The van der Waals surface area contributed by atoms with Gasteiger partial charge < -0.3 is 4.74 Å². The molecule has 0 bridgehead atoms. The first-order valence-electron chi connectivity index (χ1n) is 5.89. The topological polar surface area (TPSA) is 56.3 Å². The van der Waals surface area contributed by atoms with Crippen LogP contribution in [0.3, 0.4) is 0 Å². The molecule has 0 spiro atoms. The van der Waals surface area contributed by atoms with Crippen LogP contribution >= 0.6 is 15.9 Å². The van der Waals surface area contributed by atoms with Crippen molar-refractivity contribution >= 4 is 25.8 Å². The average molecular weight is 356 g/mol. The zero-order valence-corrected chi connectivity index (χ0v) is 13.5. The first-order valence-corrected chi connectivity index (χ1v) is 8.91. The number of aromatic nitrogens is 1. The first kappa shape index (κ1) is 15.0. The molecular formula is C14H14BrNO3S. The van der Waals surface area contributed by atoms with Crippen LogP contribution in [0.25, 0.3) is 0 Å².